The van der Waals surface area contributed by atoms with E-state index in [1.807, 2.05) is 10.8 Å². The van der Waals surface area contributed by atoms with Crippen LogP contribution in [0, 0.1) is 0 Å². The molecule has 1 aromatic rings. The third kappa shape index (κ3) is 4.19. The lowest BCUT2D eigenvalue weighted by Gasteiger charge is -2.04. The first-order chi connectivity index (χ1) is 8.25. The van der Waals surface area contributed by atoms with Gasteiger partial charge in [0.1, 0.15) is 0 Å². The molecular weight excluding hydrogens is 236 g/mol. The molecule has 1 fully saturated rings. The molecule has 0 aliphatic heterocycles. The molecule has 1 heterocycles. The van der Waals surface area contributed by atoms with Crippen LogP contribution in [0.5, 0.6) is 0 Å². The number of thiophene rings is 1. The lowest BCUT2D eigenvalue weighted by atomic mass is 10.2. The van der Waals surface area contributed by atoms with Gasteiger partial charge in [0.2, 0.25) is 5.91 Å². The van der Waals surface area contributed by atoms with E-state index in [-0.39, 0.29) is 11.8 Å². The van der Waals surface area contributed by atoms with Gasteiger partial charge in [-0.05, 0) is 30.7 Å². The fraction of sp³-hybridized carbons (Fsp3) is 0.500. The largest absolute Gasteiger partial charge is 0.353 e. The standard InChI is InChI=1S/C12H16N2O2S/c15-11(14-10-3-4-10)2-1-6-13-12(16)9-5-7-17-8-9/h5,7-8,10H,1-4,6H2,(H,13,16)(H,14,15). The van der Waals surface area contributed by atoms with Gasteiger partial charge in [0.15, 0.2) is 0 Å². The van der Waals surface area contributed by atoms with Crippen LogP contribution in [0.1, 0.15) is 36.0 Å². The zero-order chi connectivity index (χ0) is 12.1. The third-order valence-corrected chi connectivity index (χ3v) is 3.28. The Labute approximate surface area is 104 Å². The Morgan fingerprint density at radius 2 is 2.24 bits per heavy atom. The summed E-state index contributed by atoms with van der Waals surface area (Å²) < 4.78 is 0. The van der Waals surface area contributed by atoms with Crippen LogP contribution >= 0.6 is 11.3 Å². The molecule has 0 unspecified atom stereocenters. The minimum atomic E-state index is -0.0612. The maximum absolute atomic E-state index is 11.5. The predicted octanol–water partition coefficient (Wildman–Crippen LogP) is 1.54. The van der Waals surface area contributed by atoms with Gasteiger partial charge < -0.3 is 10.6 Å². The van der Waals surface area contributed by atoms with Crippen molar-refractivity contribution in [2.75, 3.05) is 6.54 Å². The van der Waals surface area contributed by atoms with Gasteiger partial charge in [0, 0.05) is 30.0 Å². The smallest absolute Gasteiger partial charge is 0.252 e. The minimum Gasteiger partial charge on any atom is -0.353 e. The third-order valence-electron chi connectivity index (χ3n) is 2.59. The van der Waals surface area contributed by atoms with E-state index in [4.69, 9.17) is 0 Å². The highest BCUT2D eigenvalue weighted by Crippen LogP contribution is 2.18. The van der Waals surface area contributed by atoms with E-state index in [2.05, 4.69) is 10.6 Å². The van der Waals surface area contributed by atoms with Gasteiger partial charge in [-0.2, -0.15) is 11.3 Å². The second kappa shape index (κ2) is 5.82. The van der Waals surface area contributed by atoms with E-state index in [1.165, 1.54) is 11.3 Å². The number of hydrogen-bond donors (Lipinski definition) is 2. The summed E-state index contributed by atoms with van der Waals surface area (Å²) in [6.07, 6.45) is 3.40. The monoisotopic (exact) mass is 252 g/mol. The maximum Gasteiger partial charge on any atom is 0.252 e. The Hall–Kier alpha value is -1.36. The van der Waals surface area contributed by atoms with Crippen LogP contribution in [-0.2, 0) is 4.79 Å². The van der Waals surface area contributed by atoms with E-state index >= 15 is 0 Å². The van der Waals surface area contributed by atoms with Gasteiger partial charge in [-0.15, -0.1) is 0 Å². The molecule has 1 aliphatic rings. The van der Waals surface area contributed by atoms with Crippen LogP contribution in [0.4, 0.5) is 0 Å². The molecule has 2 amide bonds. The van der Waals surface area contributed by atoms with Crippen LogP contribution in [0.25, 0.3) is 0 Å². The van der Waals surface area contributed by atoms with Gasteiger partial charge >= 0.3 is 0 Å². The van der Waals surface area contributed by atoms with Gasteiger partial charge in [-0.25, -0.2) is 0 Å². The molecule has 0 bridgehead atoms. The van der Waals surface area contributed by atoms with Gasteiger partial charge in [-0.3, -0.25) is 9.59 Å². The number of amides is 2. The molecule has 2 N–H and O–H groups in total. The first-order valence-electron chi connectivity index (χ1n) is 5.85. The highest BCUT2D eigenvalue weighted by molar-refractivity contribution is 7.08. The van der Waals surface area contributed by atoms with Crippen molar-refractivity contribution < 1.29 is 9.59 Å². The fourth-order valence-corrected chi connectivity index (χ4v) is 2.11. The molecule has 1 saturated carbocycles. The van der Waals surface area contributed by atoms with Crippen LogP contribution < -0.4 is 10.6 Å². The molecule has 0 spiro atoms. The quantitative estimate of drug-likeness (QED) is 0.754. The Bertz CT molecular complexity index is 385. The summed E-state index contributed by atoms with van der Waals surface area (Å²) in [5.74, 6) is 0.0335. The first-order valence-corrected chi connectivity index (χ1v) is 6.80. The molecule has 17 heavy (non-hydrogen) atoms. The first kappa shape index (κ1) is 12.1. The summed E-state index contributed by atoms with van der Waals surface area (Å²) in [6.45, 7) is 0.548. The summed E-state index contributed by atoms with van der Waals surface area (Å²) in [6, 6.07) is 2.21. The second-order valence-corrected chi connectivity index (χ2v) is 4.99. The average Bonchev–Trinajstić information content (AvgIpc) is 2.96. The molecule has 1 aliphatic carbocycles. The molecule has 0 atom stereocenters. The zero-order valence-corrected chi connectivity index (χ0v) is 10.4. The molecule has 0 aromatic carbocycles. The summed E-state index contributed by atoms with van der Waals surface area (Å²) in [4.78, 5) is 22.9. The normalized spacial score (nSPS) is 14.4. The molecule has 0 saturated heterocycles. The maximum atomic E-state index is 11.5. The van der Waals surface area contributed by atoms with Crippen molar-refractivity contribution in [3.63, 3.8) is 0 Å². The molecule has 4 nitrogen and oxygen atoms in total. The van der Waals surface area contributed by atoms with Crippen molar-refractivity contribution >= 4 is 23.2 Å². The van der Waals surface area contributed by atoms with Crippen molar-refractivity contribution in [3.8, 4) is 0 Å². The average molecular weight is 252 g/mol. The van der Waals surface area contributed by atoms with Gasteiger partial charge in [0.05, 0.1) is 0 Å². The number of rotatable bonds is 6. The Kier molecular flexibility index (Phi) is 4.14. The Morgan fingerprint density at radius 1 is 1.41 bits per heavy atom. The second-order valence-electron chi connectivity index (χ2n) is 4.21. The highest BCUT2D eigenvalue weighted by atomic mass is 32.1. The summed E-state index contributed by atoms with van der Waals surface area (Å²) in [5.41, 5.74) is 0.692. The van der Waals surface area contributed by atoms with E-state index in [0.717, 1.165) is 12.8 Å². The van der Waals surface area contributed by atoms with E-state index < -0.39 is 0 Å². The Morgan fingerprint density at radius 3 is 2.88 bits per heavy atom. The molecule has 5 heteroatoms. The summed E-state index contributed by atoms with van der Waals surface area (Å²) >= 11 is 1.50. The molecule has 92 valence electrons. The number of carbonyl (C=O) groups excluding carboxylic acids is 2. The van der Waals surface area contributed by atoms with E-state index in [1.54, 1.807) is 6.07 Å². The zero-order valence-electron chi connectivity index (χ0n) is 9.57. The summed E-state index contributed by atoms with van der Waals surface area (Å²) in [7, 11) is 0. The van der Waals surface area contributed by atoms with Crippen molar-refractivity contribution in [3.05, 3.63) is 22.4 Å². The molecule has 1 aromatic heterocycles. The topological polar surface area (TPSA) is 58.2 Å². The SMILES string of the molecule is O=C(CCCNC(=O)c1ccsc1)NC1CC1. The fourth-order valence-electron chi connectivity index (χ4n) is 1.47. The minimum absolute atomic E-state index is 0.0612. The van der Waals surface area contributed by atoms with Crippen molar-refractivity contribution in [1.29, 1.82) is 0 Å². The van der Waals surface area contributed by atoms with Gasteiger partial charge in [0.25, 0.3) is 5.91 Å². The van der Waals surface area contributed by atoms with Gasteiger partial charge in [-0.1, -0.05) is 0 Å². The summed E-state index contributed by atoms with van der Waals surface area (Å²) in [5, 5.41) is 9.40. The van der Waals surface area contributed by atoms with E-state index in [0.29, 0.717) is 31.0 Å². The lowest BCUT2D eigenvalue weighted by Crippen LogP contribution is -2.28. The van der Waals surface area contributed by atoms with Crippen molar-refractivity contribution in [1.82, 2.24) is 10.6 Å². The molecular formula is C12H16N2O2S. The number of nitrogens with one attached hydrogen (secondary N) is 2. The Balaban J connectivity index is 1.56. The molecule has 2 rings (SSSR count). The van der Waals surface area contributed by atoms with Crippen LogP contribution in [0.3, 0.4) is 0 Å². The van der Waals surface area contributed by atoms with E-state index in [9.17, 15) is 9.59 Å². The van der Waals surface area contributed by atoms with Crippen LogP contribution in [0.15, 0.2) is 16.8 Å². The number of hydrogen-bond acceptors (Lipinski definition) is 3. The number of carbonyl (C=O) groups is 2. The predicted molar refractivity (Wildman–Crippen MR) is 67.1 cm³/mol. The van der Waals surface area contributed by atoms with Crippen molar-refractivity contribution in [2.24, 2.45) is 0 Å². The highest BCUT2D eigenvalue weighted by Gasteiger charge is 2.22. The van der Waals surface area contributed by atoms with Crippen LogP contribution in [-0.4, -0.2) is 24.4 Å². The lowest BCUT2D eigenvalue weighted by molar-refractivity contribution is -0.121. The molecule has 0 radical (unpaired) electrons. The van der Waals surface area contributed by atoms with Crippen LogP contribution in [0.2, 0.25) is 0 Å². The van der Waals surface area contributed by atoms with Crippen molar-refractivity contribution in [2.45, 2.75) is 31.7 Å².